The maximum absolute atomic E-state index is 2.48. The fourth-order valence-corrected chi connectivity index (χ4v) is 2.75. The molecule has 3 aliphatic carbocycles. The third-order valence-electron chi connectivity index (χ3n) is 4.25. The zero-order valence-corrected chi connectivity index (χ0v) is 8.57. The van der Waals surface area contributed by atoms with Gasteiger partial charge in [-0.05, 0) is 39.5 Å². The van der Waals surface area contributed by atoms with Crippen molar-refractivity contribution in [3.8, 4) is 0 Å². The first-order valence-electron chi connectivity index (χ1n) is 4.92. The van der Waals surface area contributed by atoms with Gasteiger partial charge in [0.05, 0.1) is 0 Å². The Morgan fingerprint density at radius 2 is 2.00 bits per heavy atom. The van der Waals surface area contributed by atoms with Crippen LogP contribution in [0.3, 0.4) is 0 Å². The molecule has 0 nitrogen and oxygen atoms in total. The standard InChI is InChI=1S/C12H18/c1-8-7-11-5-6-12(8,4)10(3)9(11)2/h7,11H,5-6H2,1-4H3/t11-,12+/m1/s1. The smallest absolute Gasteiger partial charge is 0.00900 e. The number of fused-ring (bicyclic) bond motifs is 1. The van der Waals surface area contributed by atoms with Gasteiger partial charge in [0.25, 0.3) is 0 Å². The summed E-state index contributed by atoms with van der Waals surface area (Å²) < 4.78 is 0. The van der Waals surface area contributed by atoms with Crippen LogP contribution in [0.5, 0.6) is 0 Å². The van der Waals surface area contributed by atoms with E-state index in [0.29, 0.717) is 5.41 Å². The molecule has 0 spiro atoms. The maximum Gasteiger partial charge on any atom is 0.00900 e. The molecule has 0 saturated carbocycles. The van der Waals surface area contributed by atoms with E-state index in [9.17, 15) is 0 Å². The highest BCUT2D eigenvalue weighted by atomic mass is 14.4. The molecule has 66 valence electrons. The summed E-state index contributed by atoms with van der Waals surface area (Å²) in [6.07, 6.45) is 5.21. The van der Waals surface area contributed by atoms with Crippen molar-refractivity contribution < 1.29 is 0 Å². The van der Waals surface area contributed by atoms with Crippen LogP contribution in [0.1, 0.15) is 40.5 Å². The summed E-state index contributed by atoms with van der Waals surface area (Å²) >= 11 is 0. The second-order valence-electron chi connectivity index (χ2n) is 4.63. The van der Waals surface area contributed by atoms with E-state index in [1.54, 1.807) is 16.7 Å². The van der Waals surface area contributed by atoms with Gasteiger partial charge in [0.1, 0.15) is 0 Å². The van der Waals surface area contributed by atoms with Crippen molar-refractivity contribution in [3.05, 3.63) is 22.8 Å². The first kappa shape index (κ1) is 8.10. The monoisotopic (exact) mass is 162 g/mol. The number of allylic oxidation sites excluding steroid dienone is 4. The van der Waals surface area contributed by atoms with E-state index in [2.05, 4.69) is 33.8 Å². The second-order valence-corrected chi connectivity index (χ2v) is 4.63. The Morgan fingerprint density at radius 3 is 2.50 bits per heavy atom. The number of hydrogen-bond acceptors (Lipinski definition) is 0. The molecule has 0 aromatic carbocycles. The Hall–Kier alpha value is -0.520. The minimum Gasteiger partial charge on any atom is -0.0775 e. The Labute approximate surface area is 75.4 Å². The molecule has 3 rings (SSSR count). The van der Waals surface area contributed by atoms with Crippen molar-refractivity contribution in [2.24, 2.45) is 11.3 Å². The van der Waals surface area contributed by atoms with Gasteiger partial charge < -0.3 is 0 Å². The summed E-state index contributed by atoms with van der Waals surface area (Å²) in [7, 11) is 0. The molecule has 0 heteroatoms. The average Bonchev–Trinajstić information content (AvgIpc) is 2.04. The Morgan fingerprint density at radius 1 is 1.33 bits per heavy atom. The fourth-order valence-electron chi connectivity index (χ4n) is 2.75. The van der Waals surface area contributed by atoms with Gasteiger partial charge in [-0.2, -0.15) is 0 Å². The van der Waals surface area contributed by atoms with Gasteiger partial charge in [0, 0.05) is 5.41 Å². The molecule has 0 radical (unpaired) electrons. The quantitative estimate of drug-likeness (QED) is 0.476. The summed E-state index contributed by atoms with van der Waals surface area (Å²) in [5, 5.41) is 0. The predicted octanol–water partition coefficient (Wildman–Crippen LogP) is 3.70. The van der Waals surface area contributed by atoms with Crippen LogP contribution >= 0.6 is 0 Å². The van der Waals surface area contributed by atoms with Crippen molar-refractivity contribution in [2.75, 3.05) is 0 Å². The summed E-state index contributed by atoms with van der Waals surface area (Å²) in [6.45, 7) is 9.31. The zero-order valence-electron chi connectivity index (χ0n) is 8.57. The molecule has 0 aromatic rings. The molecular formula is C12H18. The fraction of sp³-hybridized carbons (Fsp3) is 0.667. The topological polar surface area (TPSA) is 0 Å². The van der Waals surface area contributed by atoms with Crippen LogP contribution < -0.4 is 0 Å². The summed E-state index contributed by atoms with van der Waals surface area (Å²) in [4.78, 5) is 0. The van der Waals surface area contributed by atoms with Gasteiger partial charge in [-0.1, -0.05) is 29.7 Å². The van der Waals surface area contributed by atoms with Gasteiger partial charge in [-0.15, -0.1) is 0 Å². The molecule has 2 atom stereocenters. The highest BCUT2D eigenvalue weighted by Crippen LogP contribution is 2.52. The molecule has 0 unspecified atom stereocenters. The van der Waals surface area contributed by atoms with E-state index in [0.717, 1.165) is 5.92 Å². The highest BCUT2D eigenvalue weighted by Gasteiger charge is 2.39. The second kappa shape index (κ2) is 2.25. The van der Waals surface area contributed by atoms with Crippen molar-refractivity contribution in [1.82, 2.24) is 0 Å². The van der Waals surface area contributed by atoms with Gasteiger partial charge in [-0.25, -0.2) is 0 Å². The van der Waals surface area contributed by atoms with Crippen molar-refractivity contribution in [2.45, 2.75) is 40.5 Å². The van der Waals surface area contributed by atoms with Gasteiger partial charge in [-0.3, -0.25) is 0 Å². The molecular weight excluding hydrogens is 144 g/mol. The molecule has 0 aromatic heterocycles. The third-order valence-corrected chi connectivity index (χ3v) is 4.25. The van der Waals surface area contributed by atoms with Gasteiger partial charge >= 0.3 is 0 Å². The first-order chi connectivity index (χ1) is 5.55. The molecule has 0 amide bonds. The summed E-state index contributed by atoms with van der Waals surface area (Å²) in [6, 6.07) is 0. The van der Waals surface area contributed by atoms with Crippen LogP contribution in [0.25, 0.3) is 0 Å². The molecule has 0 N–H and O–H groups in total. The van der Waals surface area contributed by atoms with Crippen molar-refractivity contribution >= 4 is 0 Å². The Bertz CT molecular complexity index is 280. The minimum atomic E-state index is 0.416. The lowest BCUT2D eigenvalue weighted by Crippen LogP contribution is -2.32. The highest BCUT2D eigenvalue weighted by molar-refractivity contribution is 5.40. The SMILES string of the molecule is CC1=C[C@H]2CC[C@]1(C)C(C)=C2C. The van der Waals surface area contributed by atoms with Crippen molar-refractivity contribution in [1.29, 1.82) is 0 Å². The van der Waals surface area contributed by atoms with E-state index in [-0.39, 0.29) is 0 Å². The van der Waals surface area contributed by atoms with E-state index in [4.69, 9.17) is 0 Å². The lowest BCUT2D eigenvalue weighted by molar-refractivity contribution is 0.335. The average molecular weight is 162 g/mol. The minimum absolute atomic E-state index is 0.416. The zero-order chi connectivity index (χ0) is 8.93. The van der Waals surface area contributed by atoms with Crippen LogP contribution in [-0.2, 0) is 0 Å². The lowest BCUT2D eigenvalue weighted by Gasteiger charge is -2.45. The third kappa shape index (κ3) is 0.784. The van der Waals surface area contributed by atoms with Gasteiger partial charge in [0.15, 0.2) is 0 Å². The Balaban J connectivity index is 2.55. The summed E-state index contributed by atoms with van der Waals surface area (Å²) in [5.41, 5.74) is 5.29. The molecule has 3 aliphatic rings. The van der Waals surface area contributed by atoms with Crippen LogP contribution in [0.15, 0.2) is 22.8 Å². The molecule has 0 heterocycles. The molecule has 0 fully saturated rings. The van der Waals surface area contributed by atoms with E-state index in [1.807, 2.05) is 0 Å². The maximum atomic E-state index is 2.48. The first-order valence-corrected chi connectivity index (χ1v) is 4.92. The number of rotatable bonds is 0. The molecule has 2 bridgehead atoms. The summed E-state index contributed by atoms with van der Waals surface area (Å²) in [5.74, 6) is 0.770. The van der Waals surface area contributed by atoms with E-state index in [1.165, 1.54) is 12.8 Å². The van der Waals surface area contributed by atoms with Crippen LogP contribution in [0, 0.1) is 11.3 Å². The van der Waals surface area contributed by atoms with E-state index >= 15 is 0 Å². The van der Waals surface area contributed by atoms with Crippen molar-refractivity contribution in [3.63, 3.8) is 0 Å². The largest absolute Gasteiger partial charge is 0.0775 e. The van der Waals surface area contributed by atoms with Crippen LogP contribution in [-0.4, -0.2) is 0 Å². The molecule has 0 saturated heterocycles. The van der Waals surface area contributed by atoms with Crippen LogP contribution in [0.2, 0.25) is 0 Å². The Kier molecular flexibility index (Phi) is 1.51. The number of hydrogen-bond donors (Lipinski definition) is 0. The van der Waals surface area contributed by atoms with E-state index < -0.39 is 0 Å². The predicted molar refractivity (Wildman–Crippen MR) is 53.0 cm³/mol. The van der Waals surface area contributed by atoms with Gasteiger partial charge in [0.2, 0.25) is 0 Å². The normalized spacial score (nSPS) is 40.3. The molecule has 0 aliphatic heterocycles. The molecule has 12 heavy (non-hydrogen) atoms. The van der Waals surface area contributed by atoms with Crippen LogP contribution in [0.4, 0.5) is 0 Å². The lowest BCUT2D eigenvalue weighted by atomic mass is 9.60.